The maximum absolute atomic E-state index is 12.9. The van der Waals surface area contributed by atoms with E-state index in [1.54, 1.807) is 19.9 Å². The number of hydrogen-bond donors (Lipinski definition) is 1. The molecule has 0 saturated heterocycles. The minimum atomic E-state index is -1.03. The summed E-state index contributed by atoms with van der Waals surface area (Å²) >= 11 is 0. The van der Waals surface area contributed by atoms with E-state index in [1.807, 2.05) is 0 Å². The van der Waals surface area contributed by atoms with E-state index in [0.717, 1.165) is 5.56 Å². The molecule has 0 aromatic heterocycles. The first-order valence-corrected chi connectivity index (χ1v) is 8.32. The van der Waals surface area contributed by atoms with Crippen molar-refractivity contribution >= 4 is 23.3 Å². The molecule has 2 aromatic carbocycles. The Balaban J connectivity index is 1.95. The number of anilines is 1. The van der Waals surface area contributed by atoms with Gasteiger partial charge in [-0.2, -0.15) is 0 Å². The van der Waals surface area contributed by atoms with Gasteiger partial charge in [0, 0.05) is 6.07 Å². The normalized spacial score (nSPS) is 11.4. The number of ether oxygens (including phenoxy) is 2. The molecule has 28 heavy (non-hydrogen) atoms. The highest BCUT2D eigenvalue weighted by atomic mass is 19.1. The van der Waals surface area contributed by atoms with Crippen molar-refractivity contribution in [3.63, 3.8) is 0 Å². The summed E-state index contributed by atoms with van der Waals surface area (Å²) < 4.78 is 23.1. The van der Waals surface area contributed by atoms with Crippen LogP contribution in [0.5, 0.6) is 5.75 Å². The number of nitrogens with zero attached hydrogens (tertiary/aromatic N) is 1. The number of rotatable bonds is 7. The van der Waals surface area contributed by atoms with Crippen LogP contribution in [-0.2, 0) is 14.3 Å². The van der Waals surface area contributed by atoms with Crippen LogP contribution in [0.4, 0.5) is 15.8 Å². The van der Waals surface area contributed by atoms with Gasteiger partial charge < -0.3 is 14.8 Å². The molecule has 0 spiro atoms. The smallest absolute Gasteiger partial charge is 0.347 e. The van der Waals surface area contributed by atoms with Crippen LogP contribution in [-0.4, -0.2) is 29.5 Å². The van der Waals surface area contributed by atoms with Crippen LogP contribution in [0, 0.1) is 29.8 Å². The Labute approximate surface area is 160 Å². The SMILES string of the molecule is Cc1ccc([N+](=O)[O-])c(NC(=O)COC(=O)[C@@H](C)Oc2ccc(F)cc2)c1C. The highest BCUT2D eigenvalue weighted by molar-refractivity contribution is 5.96. The van der Waals surface area contributed by atoms with E-state index in [2.05, 4.69) is 5.32 Å². The van der Waals surface area contributed by atoms with Crippen molar-refractivity contribution < 1.29 is 28.4 Å². The number of nitro groups is 1. The van der Waals surface area contributed by atoms with Crippen LogP contribution in [0.2, 0.25) is 0 Å². The van der Waals surface area contributed by atoms with Crippen molar-refractivity contribution in [1.82, 2.24) is 0 Å². The highest BCUT2D eigenvalue weighted by Gasteiger charge is 2.21. The molecule has 1 amide bonds. The molecule has 0 aliphatic heterocycles. The second-order valence-electron chi connectivity index (χ2n) is 6.03. The van der Waals surface area contributed by atoms with E-state index in [0.29, 0.717) is 5.56 Å². The molecular weight excluding hydrogens is 371 g/mol. The molecule has 1 atom stereocenters. The average molecular weight is 390 g/mol. The Kier molecular flexibility index (Phi) is 6.64. The number of aryl methyl sites for hydroxylation is 1. The van der Waals surface area contributed by atoms with Gasteiger partial charge in [0.25, 0.3) is 11.6 Å². The average Bonchev–Trinajstić information content (AvgIpc) is 2.65. The Bertz CT molecular complexity index is 898. The summed E-state index contributed by atoms with van der Waals surface area (Å²) in [5, 5.41) is 13.6. The summed E-state index contributed by atoms with van der Waals surface area (Å²) in [5.74, 6) is -1.71. The number of benzene rings is 2. The van der Waals surface area contributed by atoms with E-state index < -0.39 is 35.3 Å². The maximum atomic E-state index is 12.9. The standard InChI is InChI=1S/C19H19FN2O6/c1-11-4-9-16(22(25)26)18(12(11)2)21-17(23)10-27-19(24)13(3)28-15-7-5-14(20)6-8-15/h4-9,13H,10H2,1-3H3,(H,21,23)/t13-/m1/s1. The van der Waals surface area contributed by atoms with Crippen LogP contribution in [0.25, 0.3) is 0 Å². The van der Waals surface area contributed by atoms with Gasteiger partial charge >= 0.3 is 5.97 Å². The van der Waals surface area contributed by atoms with Gasteiger partial charge in [-0.3, -0.25) is 14.9 Å². The molecule has 148 valence electrons. The monoisotopic (exact) mass is 390 g/mol. The minimum Gasteiger partial charge on any atom is -0.479 e. The first-order chi connectivity index (χ1) is 13.2. The van der Waals surface area contributed by atoms with Gasteiger partial charge in [0.05, 0.1) is 4.92 Å². The third-order valence-corrected chi connectivity index (χ3v) is 3.98. The predicted molar refractivity (Wildman–Crippen MR) is 98.6 cm³/mol. The Morgan fingerprint density at radius 1 is 1.18 bits per heavy atom. The van der Waals surface area contributed by atoms with Gasteiger partial charge in [0.1, 0.15) is 17.3 Å². The summed E-state index contributed by atoms with van der Waals surface area (Å²) in [5.41, 5.74) is 1.11. The molecule has 0 aliphatic rings. The van der Waals surface area contributed by atoms with Crippen molar-refractivity contribution in [3.8, 4) is 5.75 Å². The zero-order chi connectivity index (χ0) is 20.8. The maximum Gasteiger partial charge on any atom is 0.347 e. The van der Waals surface area contributed by atoms with Crippen molar-refractivity contribution in [2.24, 2.45) is 0 Å². The lowest BCUT2D eigenvalue weighted by atomic mass is 10.1. The summed E-state index contributed by atoms with van der Waals surface area (Å²) in [6.07, 6.45) is -1.03. The fraction of sp³-hybridized carbons (Fsp3) is 0.263. The number of nitrogens with one attached hydrogen (secondary N) is 1. The van der Waals surface area contributed by atoms with Crippen molar-refractivity contribution in [1.29, 1.82) is 0 Å². The molecule has 2 rings (SSSR count). The largest absolute Gasteiger partial charge is 0.479 e. The molecule has 9 heteroatoms. The molecule has 0 bridgehead atoms. The van der Waals surface area contributed by atoms with Crippen molar-refractivity contribution in [2.75, 3.05) is 11.9 Å². The quantitative estimate of drug-likeness (QED) is 0.441. The number of esters is 1. The molecule has 8 nitrogen and oxygen atoms in total. The van der Waals surface area contributed by atoms with E-state index in [-0.39, 0.29) is 17.1 Å². The number of carbonyl (C=O) groups excluding carboxylic acids is 2. The minimum absolute atomic E-state index is 0.0571. The molecule has 0 heterocycles. The molecule has 1 N–H and O–H groups in total. The second kappa shape index (κ2) is 8.94. The Morgan fingerprint density at radius 2 is 1.82 bits per heavy atom. The first-order valence-electron chi connectivity index (χ1n) is 8.32. The van der Waals surface area contributed by atoms with E-state index in [4.69, 9.17) is 9.47 Å². The first kappa shape index (κ1) is 20.8. The molecule has 2 aromatic rings. The van der Waals surface area contributed by atoms with Crippen molar-refractivity contribution in [2.45, 2.75) is 26.9 Å². The fourth-order valence-electron chi connectivity index (χ4n) is 2.31. The second-order valence-corrected chi connectivity index (χ2v) is 6.03. The molecule has 0 fully saturated rings. The number of hydrogen-bond acceptors (Lipinski definition) is 6. The lowest BCUT2D eigenvalue weighted by Crippen LogP contribution is -2.30. The topological polar surface area (TPSA) is 108 Å². The Morgan fingerprint density at radius 3 is 2.43 bits per heavy atom. The fourth-order valence-corrected chi connectivity index (χ4v) is 2.31. The van der Waals surface area contributed by atoms with Crippen LogP contribution in [0.15, 0.2) is 36.4 Å². The third kappa shape index (κ3) is 5.26. The van der Waals surface area contributed by atoms with E-state index in [9.17, 15) is 24.1 Å². The van der Waals surface area contributed by atoms with Gasteiger partial charge in [-0.15, -0.1) is 0 Å². The van der Waals surface area contributed by atoms with Crippen LogP contribution in [0.3, 0.4) is 0 Å². The summed E-state index contributed by atoms with van der Waals surface area (Å²) in [4.78, 5) is 34.6. The zero-order valence-electron chi connectivity index (χ0n) is 15.5. The Hall–Kier alpha value is -3.49. The van der Waals surface area contributed by atoms with E-state index >= 15 is 0 Å². The lowest BCUT2D eigenvalue weighted by Gasteiger charge is -2.14. The molecule has 0 radical (unpaired) electrons. The van der Waals surface area contributed by atoms with Crippen molar-refractivity contribution in [3.05, 3.63) is 63.5 Å². The van der Waals surface area contributed by atoms with Crippen LogP contribution >= 0.6 is 0 Å². The summed E-state index contributed by atoms with van der Waals surface area (Å²) in [7, 11) is 0. The van der Waals surface area contributed by atoms with Crippen LogP contribution < -0.4 is 10.1 Å². The number of amides is 1. The molecule has 0 unspecified atom stereocenters. The molecular formula is C19H19FN2O6. The molecule has 0 saturated carbocycles. The number of carbonyl (C=O) groups is 2. The van der Waals surface area contributed by atoms with E-state index in [1.165, 1.54) is 37.3 Å². The van der Waals surface area contributed by atoms with Crippen LogP contribution in [0.1, 0.15) is 18.1 Å². The number of nitro benzene ring substituents is 1. The van der Waals surface area contributed by atoms with Gasteiger partial charge in [0.2, 0.25) is 0 Å². The van der Waals surface area contributed by atoms with Gasteiger partial charge in [-0.25, -0.2) is 9.18 Å². The molecule has 0 aliphatic carbocycles. The number of halogens is 1. The predicted octanol–water partition coefficient (Wildman–Crippen LogP) is 3.30. The summed E-state index contributed by atoms with van der Waals surface area (Å²) in [6, 6.07) is 7.94. The van der Waals surface area contributed by atoms with Gasteiger partial charge in [0.15, 0.2) is 12.7 Å². The lowest BCUT2D eigenvalue weighted by molar-refractivity contribution is -0.384. The summed E-state index contributed by atoms with van der Waals surface area (Å²) in [6.45, 7) is 4.17. The zero-order valence-corrected chi connectivity index (χ0v) is 15.5. The third-order valence-electron chi connectivity index (χ3n) is 3.98. The highest BCUT2D eigenvalue weighted by Crippen LogP contribution is 2.30. The van der Waals surface area contributed by atoms with Gasteiger partial charge in [-0.05, 0) is 56.2 Å². The van der Waals surface area contributed by atoms with Gasteiger partial charge in [-0.1, -0.05) is 6.07 Å².